The van der Waals surface area contributed by atoms with Gasteiger partial charge in [-0.3, -0.25) is 0 Å². The molecule has 0 radical (unpaired) electrons. The molecule has 305 valence electrons. The third-order valence-electron chi connectivity index (χ3n) is 14.4. The quantitative estimate of drug-likeness (QED) is 0.127. The Hall–Kier alpha value is -3.52. The van der Waals surface area contributed by atoms with Gasteiger partial charge in [0.1, 0.15) is 0 Å². The summed E-state index contributed by atoms with van der Waals surface area (Å²) >= 11 is -5.73. The number of fused-ring (bicyclic) bond motifs is 5. The van der Waals surface area contributed by atoms with Gasteiger partial charge in [-0.25, -0.2) is 0 Å². The zero-order chi connectivity index (χ0) is 42.4. The Balaban J connectivity index is 1.43. The maximum absolute atomic E-state index is 9.47. The molecular weight excluding hydrogens is 863 g/mol. The van der Waals surface area contributed by atoms with Crippen LogP contribution >= 0.6 is 17.0 Å². The number of hydrogen-bond donors (Lipinski definition) is 0. The van der Waals surface area contributed by atoms with Gasteiger partial charge in [-0.2, -0.15) is 0 Å². The summed E-state index contributed by atoms with van der Waals surface area (Å²) in [6.45, 7) is 23.3. The Morgan fingerprint density at radius 2 is 0.900 bits per heavy atom. The van der Waals surface area contributed by atoms with E-state index in [1.807, 2.05) is 0 Å². The second kappa shape index (κ2) is 15.4. The summed E-state index contributed by atoms with van der Waals surface area (Å²) in [4.78, 5) is 0. The van der Waals surface area contributed by atoms with Crippen molar-refractivity contribution in [2.75, 3.05) is 0 Å². The fraction of sp³-hybridized carbons (Fsp3) is 0.286. The predicted molar refractivity (Wildman–Crippen MR) is 264 cm³/mol. The van der Waals surface area contributed by atoms with Gasteiger partial charge in [0.05, 0.1) is 0 Å². The summed E-state index contributed by atoms with van der Waals surface area (Å²) in [6, 6.07) is 43.7. The molecule has 2 aliphatic carbocycles. The summed E-state index contributed by atoms with van der Waals surface area (Å²) < 4.78 is 1.05. The molecule has 2 atom stereocenters. The number of allylic oxidation sites excluding steroid dienone is 2. The fourth-order valence-corrected chi connectivity index (χ4v) is 39.8. The minimum absolute atomic E-state index is 0.122. The number of hydrogen-bond acceptors (Lipinski definition) is 0. The van der Waals surface area contributed by atoms with Gasteiger partial charge in [0.2, 0.25) is 0 Å². The Bertz CT molecular complexity index is 2640. The number of rotatable bonds is 9. The molecule has 0 saturated carbocycles. The van der Waals surface area contributed by atoms with Crippen LogP contribution in [0, 0.1) is 25.7 Å². The van der Waals surface area contributed by atoms with Gasteiger partial charge in [-0.1, -0.05) is 0 Å². The van der Waals surface area contributed by atoms with Gasteiger partial charge >= 0.3 is 373 Å². The first kappa shape index (κ1) is 41.8. The molecule has 1 heterocycles. The van der Waals surface area contributed by atoms with Crippen molar-refractivity contribution in [3.05, 3.63) is 171 Å². The van der Waals surface area contributed by atoms with Crippen molar-refractivity contribution >= 4 is 52.3 Å². The van der Waals surface area contributed by atoms with E-state index < -0.39 is 25.9 Å². The molecule has 0 nitrogen and oxygen atoms in total. The first-order valence-electron chi connectivity index (χ1n) is 22.3. The molecule has 60 heavy (non-hydrogen) atoms. The molecule has 0 amide bonds. The van der Waals surface area contributed by atoms with E-state index in [4.69, 9.17) is 0 Å². The zero-order valence-electron chi connectivity index (χ0n) is 37.1. The van der Waals surface area contributed by atoms with Crippen molar-refractivity contribution in [1.82, 2.24) is 0 Å². The average Bonchev–Trinajstić information content (AvgIpc) is 3.94. The summed E-state index contributed by atoms with van der Waals surface area (Å²) in [5.74, 6) is 1.18. The molecule has 6 aromatic carbocycles. The fourth-order valence-electron chi connectivity index (χ4n) is 11.5. The van der Waals surface area contributed by atoms with Gasteiger partial charge in [0, 0.05) is 0 Å². The summed E-state index contributed by atoms with van der Waals surface area (Å²) in [7, 11) is 18.1. The van der Waals surface area contributed by atoms with Crippen molar-refractivity contribution in [2.24, 2.45) is 11.8 Å². The Morgan fingerprint density at radius 3 is 1.35 bits per heavy atom. The van der Waals surface area contributed by atoms with E-state index in [1.165, 1.54) is 103 Å². The van der Waals surface area contributed by atoms with Crippen LogP contribution in [0.1, 0.15) is 119 Å². The third-order valence-corrected chi connectivity index (χ3v) is 37.0. The van der Waals surface area contributed by atoms with Gasteiger partial charge in [-0.15, -0.1) is 0 Å². The van der Waals surface area contributed by atoms with Crippen LogP contribution < -0.4 is 13.6 Å². The SMILES string of the molecule is Cc1ccccc1-c1c(C(C)C)ccc2c1C=C(C(C)C)[CH]2[Zr]([Cl])([Cl])([c]1cccc2c1[SiH2]c1ccccc1-2)[CH]1C(C(C)C)=Cc2c1ccc(C(C)C)c2-c1ccccc1C. The number of aryl methyl sites for hydroxylation is 2. The topological polar surface area (TPSA) is 0 Å². The Morgan fingerprint density at radius 1 is 0.467 bits per heavy atom. The maximum atomic E-state index is 9.47. The van der Waals surface area contributed by atoms with E-state index in [2.05, 4.69) is 197 Å². The van der Waals surface area contributed by atoms with Gasteiger partial charge in [-0.05, 0) is 0 Å². The second-order valence-corrected chi connectivity index (χ2v) is 41.7. The molecule has 4 heteroatoms. The number of halogens is 2. The average molecular weight is 922 g/mol. The van der Waals surface area contributed by atoms with Crippen molar-refractivity contribution in [3.63, 3.8) is 0 Å². The Labute approximate surface area is 370 Å². The molecule has 0 N–H and O–H groups in total. The molecule has 3 aliphatic rings. The molecule has 0 bridgehead atoms. The minimum atomic E-state index is -5.73. The van der Waals surface area contributed by atoms with Crippen LogP contribution in [-0.2, 0) is 16.4 Å². The number of benzene rings is 6. The van der Waals surface area contributed by atoms with Crippen molar-refractivity contribution < 1.29 is 16.4 Å². The third kappa shape index (κ3) is 6.28. The van der Waals surface area contributed by atoms with E-state index >= 15 is 0 Å². The van der Waals surface area contributed by atoms with Gasteiger partial charge in [0.15, 0.2) is 0 Å². The van der Waals surface area contributed by atoms with E-state index in [0.29, 0.717) is 11.8 Å². The molecule has 0 spiro atoms. The van der Waals surface area contributed by atoms with Crippen LogP contribution in [0.3, 0.4) is 0 Å². The molecule has 1 aliphatic heterocycles. The molecule has 0 aromatic heterocycles. The van der Waals surface area contributed by atoms with Crippen molar-refractivity contribution in [1.29, 1.82) is 0 Å². The van der Waals surface area contributed by atoms with Crippen LogP contribution in [0.2, 0.25) is 0 Å². The molecule has 0 saturated heterocycles. The van der Waals surface area contributed by atoms with Crippen LogP contribution in [0.25, 0.3) is 45.5 Å². The van der Waals surface area contributed by atoms with Crippen LogP contribution in [0.4, 0.5) is 0 Å². The van der Waals surface area contributed by atoms with Crippen LogP contribution in [0.5, 0.6) is 0 Å². The molecular formula is C56H59Cl2SiZr. The standard InChI is InChI=1S/2C22H25.C12H9Si.2ClH.Zr/c2*1-14(2)18-12-17-10-11-19(15(3)4)22(21(17)13-18)20-9-7-6-8-16(20)5;1-3-7-11-9(5-1)10-6-2-4-8-12(10)13-11;;;/h2*6-15H,1-5H3;1-7H,13H2;2*1H;/q;;;;;+2/p-2. The molecule has 9 rings (SSSR count). The van der Waals surface area contributed by atoms with Gasteiger partial charge < -0.3 is 0 Å². The summed E-state index contributed by atoms with van der Waals surface area (Å²) in [5.41, 5.74) is 21.4. The first-order chi connectivity index (χ1) is 28.6. The monoisotopic (exact) mass is 919 g/mol. The van der Waals surface area contributed by atoms with Crippen LogP contribution in [0.15, 0.2) is 126 Å². The predicted octanol–water partition coefficient (Wildman–Crippen LogP) is 14.2. The zero-order valence-corrected chi connectivity index (χ0v) is 42.4. The second-order valence-electron chi connectivity index (χ2n) is 19.3. The molecule has 2 unspecified atom stereocenters. The van der Waals surface area contributed by atoms with E-state index in [0.717, 1.165) is 0 Å². The van der Waals surface area contributed by atoms with Crippen molar-refractivity contribution in [2.45, 2.75) is 88.3 Å². The first-order valence-corrected chi connectivity index (χ1v) is 34.1. The summed E-state index contributed by atoms with van der Waals surface area (Å²) in [6.07, 6.45) is 5.11. The Kier molecular flexibility index (Phi) is 10.7. The van der Waals surface area contributed by atoms with E-state index in [1.54, 1.807) is 0 Å². The molecule has 6 aromatic rings. The summed E-state index contributed by atoms with van der Waals surface area (Å²) in [5, 5.41) is 2.97. The molecule has 0 fully saturated rings. The van der Waals surface area contributed by atoms with Crippen molar-refractivity contribution in [3.8, 4) is 33.4 Å². The van der Waals surface area contributed by atoms with Gasteiger partial charge in [0.25, 0.3) is 0 Å². The van der Waals surface area contributed by atoms with E-state index in [9.17, 15) is 17.0 Å². The van der Waals surface area contributed by atoms with Crippen LogP contribution in [-0.4, -0.2) is 9.52 Å². The normalized spacial score (nSPS) is 17.8. The van der Waals surface area contributed by atoms with E-state index in [-0.39, 0.29) is 19.1 Å².